The van der Waals surface area contributed by atoms with Crippen molar-refractivity contribution in [2.45, 2.75) is 6.42 Å². The van der Waals surface area contributed by atoms with E-state index in [1.807, 2.05) is 0 Å². The number of piperazine rings is 1. The maximum atomic E-state index is 8.56. The number of hydrogen-bond donors (Lipinski definition) is 4. The maximum absolute atomic E-state index is 8.56. The van der Waals surface area contributed by atoms with Gasteiger partial charge in [0.15, 0.2) is 0 Å². The Morgan fingerprint density at radius 3 is 2.21 bits per heavy atom. The zero-order valence-corrected chi connectivity index (χ0v) is 8.15. The van der Waals surface area contributed by atoms with Crippen LogP contribution in [0.3, 0.4) is 0 Å². The summed E-state index contributed by atoms with van der Waals surface area (Å²) < 4.78 is 0. The van der Waals surface area contributed by atoms with Gasteiger partial charge in [-0.1, -0.05) is 0 Å². The van der Waals surface area contributed by atoms with Gasteiger partial charge in [-0.3, -0.25) is 0 Å². The van der Waals surface area contributed by atoms with Gasteiger partial charge in [0.25, 0.3) is 0 Å². The van der Waals surface area contributed by atoms with E-state index in [2.05, 4.69) is 10.2 Å². The van der Waals surface area contributed by atoms with Crippen molar-refractivity contribution < 1.29 is 20.1 Å². The number of carbonyl (C=O) groups is 1. The Bertz CT molecular complexity index is 144. The van der Waals surface area contributed by atoms with Gasteiger partial charge < -0.3 is 25.5 Å². The Labute approximate surface area is 83.1 Å². The molecule has 1 aliphatic rings. The molecule has 0 aromatic heterocycles. The smallest absolute Gasteiger partial charge is 0.450 e. The largest absolute Gasteiger partial charge is 0.503 e. The fourth-order valence-electron chi connectivity index (χ4n) is 1.23. The molecule has 0 aromatic rings. The Kier molecular flexibility index (Phi) is 8.20. The van der Waals surface area contributed by atoms with Gasteiger partial charge in [-0.15, -0.1) is 0 Å². The number of carboxylic acid groups (broad SMARTS) is 2. The van der Waals surface area contributed by atoms with Gasteiger partial charge >= 0.3 is 6.16 Å². The molecule has 0 radical (unpaired) electrons. The first-order valence-corrected chi connectivity index (χ1v) is 4.62. The molecule has 1 saturated heterocycles. The molecule has 0 aromatic carbocycles. The first-order valence-electron chi connectivity index (χ1n) is 4.62. The maximum Gasteiger partial charge on any atom is 0.503 e. The van der Waals surface area contributed by atoms with Crippen LogP contribution in [-0.2, 0) is 0 Å². The number of rotatable bonds is 3. The summed E-state index contributed by atoms with van der Waals surface area (Å²) in [5.41, 5.74) is 0. The van der Waals surface area contributed by atoms with E-state index in [9.17, 15) is 0 Å². The normalized spacial score (nSPS) is 16.9. The first-order chi connectivity index (χ1) is 6.66. The van der Waals surface area contributed by atoms with E-state index in [-0.39, 0.29) is 0 Å². The van der Waals surface area contributed by atoms with E-state index in [4.69, 9.17) is 20.1 Å². The summed E-state index contributed by atoms with van der Waals surface area (Å²) in [6, 6.07) is 0. The lowest BCUT2D eigenvalue weighted by Crippen LogP contribution is -2.43. The van der Waals surface area contributed by atoms with Gasteiger partial charge in [-0.05, 0) is 6.42 Å². The van der Waals surface area contributed by atoms with Gasteiger partial charge in [0.1, 0.15) is 0 Å². The monoisotopic (exact) mass is 206 g/mol. The molecule has 0 saturated carbocycles. The SMILES string of the molecule is O=C(O)O.OCCCN1CCNCC1. The predicted octanol–water partition coefficient (Wildman–Crippen LogP) is -0.504. The minimum atomic E-state index is -1.83. The first kappa shape index (κ1) is 13.2. The van der Waals surface area contributed by atoms with Gasteiger partial charge in [-0.2, -0.15) is 0 Å². The molecule has 84 valence electrons. The van der Waals surface area contributed by atoms with Crippen LogP contribution >= 0.6 is 0 Å². The average molecular weight is 206 g/mol. The van der Waals surface area contributed by atoms with E-state index in [0.717, 1.165) is 39.1 Å². The van der Waals surface area contributed by atoms with Crippen molar-refractivity contribution in [3.63, 3.8) is 0 Å². The van der Waals surface area contributed by atoms with Crippen molar-refractivity contribution in [3.05, 3.63) is 0 Å². The number of aliphatic hydroxyl groups is 1. The van der Waals surface area contributed by atoms with Crippen molar-refractivity contribution in [2.24, 2.45) is 0 Å². The number of hydrogen-bond acceptors (Lipinski definition) is 4. The van der Waals surface area contributed by atoms with Crippen LogP contribution in [-0.4, -0.2) is 65.7 Å². The standard InChI is InChI=1S/C7H16N2O.CH2O3/c10-7-1-4-9-5-2-8-3-6-9;2-1(3)4/h8,10H,1-7H2;(H2,2,3,4). The molecular formula is C8H18N2O4. The van der Waals surface area contributed by atoms with Crippen molar-refractivity contribution in [3.8, 4) is 0 Å². The molecule has 0 atom stereocenters. The second-order valence-corrected chi connectivity index (χ2v) is 2.95. The number of aliphatic hydroxyl groups excluding tert-OH is 1. The number of nitrogens with one attached hydrogen (secondary N) is 1. The van der Waals surface area contributed by atoms with Crippen LogP contribution in [0.25, 0.3) is 0 Å². The minimum absolute atomic E-state index is 0.323. The lowest BCUT2D eigenvalue weighted by Gasteiger charge is -2.26. The summed E-state index contributed by atoms with van der Waals surface area (Å²) in [6.07, 6.45) is -0.917. The fourth-order valence-corrected chi connectivity index (χ4v) is 1.23. The van der Waals surface area contributed by atoms with Crippen LogP contribution in [0.15, 0.2) is 0 Å². The average Bonchev–Trinajstić information content (AvgIpc) is 2.15. The summed E-state index contributed by atoms with van der Waals surface area (Å²) in [4.78, 5) is 10.9. The van der Waals surface area contributed by atoms with Gasteiger partial charge in [-0.25, -0.2) is 4.79 Å². The van der Waals surface area contributed by atoms with E-state index >= 15 is 0 Å². The Morgan fingerprint density at radius 1 is 1.29 bits per heavy atom. The Balaban J connectivity index is 0.000000364. The molecule has 1 heterocycles. The highest BCUT2D eigenvalue weighted by Crippen LogP contribution is 1.92. The molecule has 0 bridgehead atoms. The molecule has 0 unspecified atom stereocenters. The highest BCUT2D eigenvalue weighted by Gasteiger charge is 2.07. The van der Waals surface area contributed by atoms with E-state index < -0.39 is 6.16 Å². The van der Waals surface area contributed by atoms with Gasteiger partial charge in [0, 0.05) is 39.3 Å². The fraction of sp³-hybridized carbons (Fsp3) is 0.875. The molecule has 6 nitrogen and oxygen atoms in total. The van der Waals surface area contributed by atoms with Crippen LogP contribution in [0.4, 0.5) is 4.79 Å². The van der Waals surface area contributed by atoms with Crippen LogP contribution in [0.2, 0.25) is 0 Å². The van der Waals surface area contributed by atoms with E-state index in [1.54, 1.807) is 0 Å². The lowest BCUT2D eigenvalue weighted by molar-refractivity contribution is 0.137. The highest BCUT2D eigenvalue weighted by molar-refractivity contribution is 5.53. The van der Waals surface area contributed by atoms with Crippen molar-refractivity contribution in [2.75, 3.05) is 39.3 Å². The van der Waals surface area contributed by atoms with Crippen LogP contribution < -0.4 is 5.32 Å². The third kappa shape index (κ3) is 9.24. The van der Waals surface area contributed by atoms with Crippen LogP contribution in [0.1, 0.15) is 6.42 Å². The van der Waals surface area contributed by atoms with Gasteiger partial charge in [0.2, 0.25) is 0 Å². The quantitative estimate of drug-likeness (QED) is 0.497. The van der Waals surface area contributed by atoms with E-state index in [0.29, 0.717) is 6.61 Å². The second-order valence-electron chi connectivity index (χ2n) is 2.95. The Hall–Kier alpha value is -0.850. The summed E-state index contributed by atoms with van der Waals surface area (Å²) in [5, 5.41) is 25.8. The minimum Gasteiger partial charge on any atom is -0.450 e. The summed E-state index contributed by atoms with van der Waals surface area (Å²) in [6.45, 7) is 5.86. The van der Waals surface area contributed by atoms with Gasteiger partial charge in [0.05, 0.1) is 0 Å². The molecule has 1 rings (SSSR count). The lowest BCUT2D eigenvalue weighted by atomic mass is 10.3. The third-order valence-corrected chi connectivity index (χ3v) is 1.84. The van der Waals surface area contributed by atoms with Crippen LogP contribution in [0.5, 0.6) is 0 Å². The van der Waals surface area contributed by atoms with Crippen molar-refractivity contribution in [1.82, 2.24) is 10.2 Å². The zero-order chi connectivity index (χ0) is 10.8. The predicted molar refractivity (Wildman–Crippen MR) is 51.7 cm³/mol. The molecule has 0 spiro atoms. The molecule has 0 aliphatic carbocycles. The van der Waals surface area contributed by atoms with Crippen molar-refractivity contribution >= 4 is 6.16 Å². The molecule has 1 fully saturated rings. The Morgan fingerprint density at radius 2 is 1.79 bits per heavy atom. The summed E-state index contributed by atoms with van der Waals surface area (Å²) >= 11 is 0. The molecule has 14 heavy (non-hydrogen) atoms. The molecular weight excluding hydrogens is 188 g/mol. The highest BCUT2D eigenvalue weighted by atomic mass is 16.6. The zero-order valence-electron chi connectivity index (χ0n) is 8.15. The summed E-state index contributed by atoms with van der Waals surface area (Å²) in [7, 11) is 0. The van der Waals surface area contributed by atoms with Crippen LogP contribution in [0, 0.1) is 0 Å². The molecule has 4 N–H and O–H groups in total. The summed E-state index contributed by atoms with van der Waals surface area (Å²) in [5.74, 6) is 0. The third-order valence-electron chi connectivity index (χ3n) is 1.84. The van der Waals surface area contributed by atoms with Crippen molar-refractivity contribution in [1.29, 1.82) is 0 Å². The number of nitrogens with zero attached hydrogens (tertiary/aromatic N) is 1. The molecule has 6 heteroatoms. The second kappa shape index (κ2) is 8.74. The van der Waals surface area contributed by atoms with E-state index in [1.165, 1.54) is 0 Å². The molecule has 1 aliphatic heterocycles. The molecule has 0 amide bonds. The topological polar surface area (TPSA) is 93.0 Å².